The predicted octanol–water partition coefficient (Wildman–Crippen LogP) is 7.47. The van der Waals surface area contributed by atoms with Gasteiger partial charge in [-0.2, -0.15) is 4.31 Å². The molecule has 2 aromatic heterocycles. The summed E-state index contributed by atoms with van der Waals surface area (Å²) in [7, 11) is -15.4. The maximum atomic E-state index is 12.3. The Morgan fingerprint density at radius 2 is 1.31 bits per heavy atom. The Kier molecular flexibility index (Phi) is 18.5. The number of phosphoric acid groups is 2. The van der Waals surface area contributed by atoms with Crippen LogP contribution >= 0.6 is 23.2 Å². The number of nitrogen functional groups attached to an aromatic ring is 1. The van der Waals surface area contributed by atoms with Crippen molar-refractivity contribution in [3.63, 3.8) is 0 Å². The molecule has 18 heteroatoms. The first-order valence-corrected chi connectivity index (χ1v) is 20.7. The van der Waals surface area contributed by atoms with Gasteiger partial charge in [0.2, 0.25) is 0 Å². The molecule has 2 aromatic rings. The quantitative estimate of drug-likeness (QED) is 0.0525. The van der Waals surface area contributed by atoms with E-state index in [-0.39, 0.29) is 19.0 Å². The third-order valence-corrected chi connectivity index (χ3v) is 11.6. The Morgan fingerprint density at radius 3 is 1.87 bits per heavy atom. The number of nitrogens with two attached hydrogens (primary N) is 1. The zero-order valence-electron chi connectivity index (χ0n) is 26.6. The molecule has 4 atom stereocenters. The highest BCUT2D eigenvalue weighted by Gasteiger charge is 2.41. The maximum Gasteiger partial charge on any atom is 0.488 e. The molecule has 0 saturated carbocycles. The number of anilines is 1. The minimum atomic E-state index is -5.46. The second-order valence-electron chi connectivity index (χ2n) is 11.3. The second-order valence-corrected chi connectivity index (χ2v) is 16.3. The monoisotopic (exact) mass is 699 g/mol. The highest BCUT2D eigenvalue weighted by Crippen LogP contribution is 2.67. The van der Waals surface area contributed by atoms with Crippen LogP contribution in [0, 0.1) is 0 Å². The second kappa shape index (κ2) is 20.9. The molecule has 0 fully saturated rings. The smallest absolute Gasteiger partial charge is 0.382 e. The Balaban J connectivity index is 1.54. The summed E-state index contributed by atoms with van der Waals surface area (Å²) in [6.45, 7) is 3.75. The lowest BCUT2D eigenvalue weighted by atomic mass is 10.0. The number of phosphoric ester groups is 1. The molecule has 2 rings (SSSR count). The van der Waals surface area contributed by atoms with Crippen molar-refractivity contribution >= 4 is 40.2 Å². The molecule has 260 valence electrons. The third kappa shape index (κ3) is 17.5. The number of unbranched alkanes of at least 4 members (excludes halogenated alkanes) is 15. The predicted molar refractivity (Wildman–Crippen MR) is 172 cm³/mol. The summed E-state index contributed by atoms with van der Waals surface area (Å²) in [6, 6.07) is 0. The SMILES string of the molecule is CCCCCCCCCCCCCCCCCCOP(=O)(O)OP(=O)(O)OP(=O)(O)CO[C@H](C)Cn1cnc2c(N)ncnc21. The summed E-state index contributed by atoms with van der Waals surface area (Å²) in [5, 5.41) is 0. The van der Waals surface area contributed by atoms with Crippen molar-refractivity contribution in [2.24, 2.45) is 0 Å². The van der Waals surface area contributed by atoms with Crippen molar-refractivity contribution in [1.82, 2.24) is 19.5 Å². The van der Waals surface area contributed by atoms with Gasteiger partial charge >= 0.3 is 23.2 Å². The molecular weight excluding hydrogens is 647 g/mol. The summed E-state index contributed by atoms with van der Waals surface area (Å²) < 4.78 is 56.7. The van der Waals surface area contributed by atoms with Gasteiger partial charge in [-0.25, -0.2) is 28.4 Å². The van der Waals surface area contributed by atoms with Crippen LogP contribution in [0.15, 0.2) is 12.7 Å². The summed E-state index contributed by atoms with van der Waals surface area (Å²) in [5.74, 6) is 0.189. The molecule has 0 saturated heterocycles. The van der Waals surface area contributed by atoms with E-state index in [1.54, 1.807) is 11.5 Å². The van der Waals surface area contributed by atoms with E-state index in [1.807, 2.05) is 0 Å². The molecule has 0 aliphatic carbocycles. The molecule has 0 spiro atoms. The average molecular weight is 700 g/mol. The van der Waals surface area contributed by atoms with E-state index in [1.165, 1.54) is 83.3 Å². The highest BCUT2D eigenvalue weighted by atomic mass is 31.3. The van der Waals surface area contributed by atoms with E-state index in [0.717, 1.165) is 25.7 Å². The number of aromatic nitrogens is 4. The average Bonchev–Trinajstić information content (AvgIpc) is 3.36. The number of imidazole rings is 1. The van der Waals surface area contributed by atoms with Crippen molar-refractivity contribution in [2.75, 3.05) is 18.7 Å². The van der Waals surface area contributed by atoms with E-state index in [4.69, 9.17) is 15.0 Å². The summed E-state index contributed by atoms with van der Waals surface area (Å²) in [6.07, 6.45) is 19.8. The maximum absolute atomic E-state index is 12.3. The Hall–Kier alpha value is -1.24. The Bertz CT molecular complexity index is 1270. The summed E-state index contributed by atoms with van der Waals surface area (Å²) in [4.78, 5) is 41.7. The van der Waals surface area contributed by atoms with Crippen LogP contribution in [0.1, 0.15) is 117 Å². The minimum absolute atomic E-state index is 0.138. The zero-order chi connectivity index (χ0) is 33.2. The largest absolute Gasteiger partial charge is 0.488 e. The van der Waals surface area contributed by atoms with Gasteiger partial charge in [-0.15, -0.1) is 0 Å². The number of hydrogen-bond acceptors (Lipinski definition) is 11. The molecule has 0 aliphatic heterocycles. The normalized spacial score (nSPS) is 16.7. The molecule has 2 heterocycles. The van der Waals surface area contributed by atoms with Crippen LogP contribution in [0.25, 0.3) is 11.2 Å². The first-order chi connectivity index (χ1) is 21.3. The van der Waals surface area contributed by atoms with Crippen molar-refractivity contribution in [3.8, 4) is 0 Å². The van der Waals surface area contributed by atoms with Crippen molar-refractivity contribution in [3.05, 3.63) is 12.7 Å². The van der Waals surface area contributed by atoms with E-state index in [9.17, 15) is 28.4 Å². The van der Waals surface area contributed by atoms with Crippen molar-refractivity contribution in [2.45, 2.75) is 129 Å². The fourth-order valence-corrected chi connectivity index (χ4v) is 8.67. The molecule has 3 unspecified atom stereocenters. The first-order valence-electron chi connectivity index (χ1n) is 15.9. The summed E-state index contributed by atoms with van der Waals surface area (Å²) in [5.41, 5.74) is 6.56. The standard InChI is InChI=1S/C27H52N5O10P3/c1-3-4-5-6-7-8-9-10-11-12-13-14-15-16-17-18-19-40-44(35,36)42-45(37,38)41-43(33,34)23-39-24(2)20-32-22-31-25-26(28)29-21-30-27(25)32/h21-22,24H,3-20,23H2,1-2H3,(H,33,34)(H,35,36)(H,37,38)(H2,28,29,30)/t24-/m1/s1. The van der Waals surface area contributed by atoms with Gasteiger partial charge in [-0.05, 0) is 13.3 Å². The van der Waals surface area contributed by atoms with E-state index in [2.05, 4.69) is 30.5 Å². The molecular formula is C27H52N5O10P3. The van der Waals surface area contributed by atoms with Crippen LogP contribution in [0.3, 0.4) is 0 Å². The van der Waals surface area contributed by atoms with E-state index < -0.39 is 35.7 Å². The van der Waals surface area contributed by atoms with Crippen LogP contribution in [0.2, 0.25) is 0 Å². The summed E-state index contributed by atoms with van der Waals surface area (Å²) >= 11 is 0. The van der Waals surface area contributed by atoms with Crippen LogP contribution < -0.4 is 5.73 Å². The topological polar surface area (TPSA) is 218 Å². The van der Waals surface area contributed by atoms with Crippen LogP contribution in [-0.4, -0.2) is 53.3 Å². The molecule has 5 N–H and O–H groups in total. The third-order valence-electron chi connectivity index (χ3n) is 7.09. The first kappa shape index (κ1) is 39.9. The van der Waals surface area contributed by atoms with Crippen molar-refractivity contribution in [1.29, 1.82) is 0 Å². The van der Waals surface area contributed by atoms with Crippen LogP contribution in [0.5, 0.6) is 0 Å². The molecule has 45 heavy (non-hydrogen) atoms. The van der Waals surface area contributed by atoms with Gasteiger partial charge in [0.05, 0.1) is 25.6 Å². The number of fused-ring (bicyclic) bond motifs is 1. The van der Waals surface area contributed by atoms with Crippen LogP contribution in [0.4, 0.5) is 5.82 Å². The zero-order valence-corrected chi connectivity index (χ0v) is 29.3. The minimum Gasteiger partial charge on any atom is -0.382 e. The fourth-order valence-electron chi connectivity index (χ4n) is 4.77. The van der Waals surface area contributed by atoms with Gasteiger partial charge in [-0.1, -0.05) is 103 Å². The van der Waals surface area contributed by atoms with Gasteiger partial charge in [0, 0.05) is 0 Å². The highest BCUT2D eigenvalue weighted by molar-refractivity contribution is 7.68. The van der Waals surface area contributed by atoms with Gasteiger partial charge in [-0.3, -0.25) is 9.09 Å². The fraction of sp³-hybridized carbons (Fsp3) is 0.815. The number of hydrogen-bond donors (Lipinski definition) is 4. The molecule has 0 bridgehead atoms. The van der Waals surface area contributed by atoms with Gasteiger partial charge in [0.15, 0.2) is 11.5 Å². The molecule has 0 aliphatic rings. The number of nitrogens with zero attached hydrogens (tertiary/aromatic N) is 4. The van der Waals surface area contributed by atoms with E-state index >= 15 is 0 Å². The lowest BCUT2D eigenvalue weighted by Gasteiger charge is -2.20. The number of ether oxygens (including phenoxy) is 1. The number of rotatable bonds is 27. The molecule has 0 amide bonds. The van der Waals surface area contributed by atoms with Gasteiger partial charge in [0.25, 0.3) is 0 Å². The van der Waals surface area contributed by atoms with Gasteiger partial charge in [0.1, 0.15) is 18.2 Å². The van der Waals surface area contributed by atoms with Crippen molar-refractivity contribution < 1.29 is 46.3 Å². The Morgan fingerprint density at radius 1 is 0.778 bits per heavy atom. The Labute approximate surface area is 266 Å². The van der Waals surface area contributed by atoms with Crippen LogP contribution in [-0.2, 0) is 38.1 Å². The molecule has 0 aromatic carbocycles. The lowest BCUT2D eigenvalue weighted by molar-refractivity contribution is 0.0755. The molecule has 0 radical (unpaired) electrons. The lowest BCUT2D eigenvalue weighted by Crippen LogP contribution is -2.17. The van der Waals surface area contributed by atoms with Gasteiger partial charge < -0.3 is 29.7 Å². The molecule has 15 nitrogen and oxygen atoms in total. The van der Waals surface area contributed by atoms with E-state index in [0.29, 0.717) is 17.6 Å².